The molecule has 4 rings (SSSR count). The summed E-state index contributed by atoms with van der Waals surface area (Å²) in [4.78, 5) is 9.93. The van der Waals surface area contributed by atoms with Crippen LogP contribution in [0.25, 0.3) is 11.0 Å². The average Bonchev–Trinajstić information content (AvgIpc) is 2.73. The molecule has 0 amide bonds. The van der Waals surface area contributed by atoms with E-state index in [4.69, 9.17) is 0 Å². The molecule has 0 saturated carbocycles. The number of halogens is 4. The van der Waals surface area contributed by atoms with Crippen LogP contribution in [0.2, 0.25) is 0 Å². The Morgan fingerprint density at radius 3 is 2.29 bits per heavy atom. The molecule has 0 aliphatic carbocycles. The lowest BCUT2D eigenvalue weighted by Crippen LogP contribution is -2.42. The van der Waals surface area contributed by atoms with Crippen molar-refractivity contribution in [3.63, 3.8) is 0 Å². The minimum absolute atomic E-state index is 0.00233. The monoisotopic (exact) mass is 454 g/mol. The van der Waals surface area contributed by atoms with Gasteiger partial charge in [0.05, 0.1) is 21.8 Å². The first-order chi connectivity index (χ1) is 14.6. The number of benzene rings is 2. The number of aromatic nitrogens is 2. The van der Waals surface area contributed by atoms with Crippen LogP contribution < -0.4 is 9.62 Å². The summed E-state index contributed by atoms with van der Waals surface area (Å²) in [5.41, 5.74) is 0.809. The van der Waals surface area contributed by atoms with Crippen LogP contribution in [0.3, 0.4) is 0 Å². The summed E-state index contributed by atoms with van der Waals surface area (Å²) in [6.45, 7) is -0.0628. The molecule has 164 valence electrons. The fourth-order valence-corrected chi connectivity index (χ4v) is 4.52. The van der Waals surface area contributed by atoms with Crippen molar-refractivity contribution in [1.82, 2.24) is 9.97 Å². The molecule has 1 saturated heterocycles. The van der Waals surface area contributed by atoms with Gasteiger partial charge in [0.2, 0.25) is 0 Å². The minimum Gasteiger partial charge on any atom is -0.353 e. The molecule has 1 fully saturated rings. The van der Waals surface area contributed by atoms with Crippen molar-refractivity contribution < 1.29 is 26.0 Å². The molecule has 6 nitrogen and oxygen atoms in total. The number of para-hydroxylation sites is 2. The number of rotatable bonds is 4. The van der Waals surface area contributed by atoms with E-state index < -0.39 is 27.9 Å². The van der Waals surface area contributed by atoms with E-state index in [1.165, 1.54) is 4.90 Å². The summed E-state index contributed by atoms with van der Waals surface area (Å²) in [7, 11) is -4.17. The predicted octanol–water partition coefficient (Wildman–Crippen LogP) is 4.35. The van der Waals surface area contributed by atoms with Crippen molar-refractivity contribution in [2.45, 2.75) is 23.9 Å². The number of anilines is 2. The highest BCUT2D eigenvalue weighted by atomic mass is 32.2. The van der Waals surface area contributed by atoms with Crippen molar-refractivity contribution in [3.8, 4) is 0 Å². The zero-order valence-electron chi connectivity index (χ0n) is 16.1. The molecule has 1 aliphatic heterocycles. The highest BCUT2D eigenvalue weighted by molar-refractivity contribution is 7.92. The van der Waals surface area contributed by atoms with E-state index >= 15 is 0 Å². The van der Waals surface area contributed by atoms with Gasteiger partial charge in [-0.1, -0.05) is 12.1 Å². The maximum absolute atomic E-state index is 13.3. The number of fused-ring (bicyclic) bond motifs is 1. The van der Waals surface area contributed by atoms with Gasteiger partial charge in [-0.2, -0.15) is 13.2 Å². The Hall–Kier alpha value is -2.95. The van der Waals surface area contributed by atoms with Crippen LogP contribution in [0, 0.1) is 11.7 Å². The average molecular weight is 454 g/mol. The molecule has 1 N–H and O–H groups in total. The maximum Gasteiger partial charge on any atom is 0.393 e. The Balaban J connectivity index is 1.76. The smallest absolute Gasteiger partial charge is 0.353 e. The third-order valence-corrected chi connectivity index (χ3v) is 6.45. The molecule has 2 aromatic carbocycles. The second-order valence-corrected chi connectivity index (χ2v) is 8.95. The van der Waals surface area contributed by atoms with Crippen molar-refractivity contribution in [1.29, 1.82) is 0 Å². The number of hydrogen-bond acceptors (Lipinski definition) is 5. The van der Waals surface area contributed by atoms with E-state index in [0.717, 1.165) is 24.3 Å². The second-order valence-electron chi connectivity index (χ2n) is 7.27. The zero-order chi connectivity index (χ0) is 22.2. The Labute approximate surface area is 176 Å². The van der Waals surface area contributed by atoms with Gasteiger partial charge in [-0.25, -0.2) is 22.8 Å². The number of hydrogen-bond donors (Lipinski definition) is 1. The Morgan fingerprint density at radius 1 is 1.00 bits per heavy atom. The van der Waals surface area contributed by atoms with E-state index in [1.54, 1.807) is 24.3 Å². The summed E-state index contributed by atoms with van der Waals surface area (Å²) in [5, 5.41) is 0. The first kappa shape index (κ1) is 21.3. The van der Waals surface area contributed by atoms with Gasteiger partial charge < -0.3 is 4.90 Å². The van der Waals surface area contributed by atoms with E-state index in [9.17, 15) is 26.0 Å². The number of piperidine rings is 1. The molecule has 1 atom stereocenters. The minimum atomic E-state index is -4.36. The third kappa shape index (κ3) is 4.55. The lowest BCUT2D eigenvalue weighted by molar-refractivity contribution is -0.176. The number of nitrogens with zero attached hydrogens (tertiary/aromatic N) is 3. The van der Waals surface area contributed by atoms with Crippen LogP contribution in [-0.2, 0) is 10.0 Å². The van der Waals surface area contributed by atoms with Gasteiger partial charge in [0.1, 0.15) is 5.82 Å². The van der Waals surface area contributed by atoms with Crippen LogP contribution in [0.4, 0.5) is 29.2 Å². The van der Waals surface area contributed by atoms with Crippen molar-refractivity contribution in [2.75, 3.05) is 22.7 Å². The van der Waals surface area contributed by atoms with Gasteiger partial charge in [0.15, 0.2) is 11.6 Å². The Morgan fingerprint density at radius 2 is 1.65 bits per heavy atom. The first-order valence-corrected chi connectivity index (χ1v) is 11.0. The topological polar surface area (TPSA) is 75.2 Å². The maximum atomic E-state index is 13.3. The molecule has 31 heavy (non-hydrogen) atoms. The molecular formula is C20H18F4N4O2S. The van der Waals surface area contributed by atoms with Gasteiger partial charge in [0.25, 0.3) is 10.0 Å². The molecular weight excluding hydrogens is 436 g/mol. The summed E-state index contributed by atoms with van der Waals surface area (Å²) < 4.78 is 81.0. The molecule has 0 radical (unpaired) electrons. The van der Waals surface area contributed by atoms with Crippen LogP contribution in [0.15, 0.2) is 53.4 Å². The van der Waals surface area contributed by atoms with Gasteiger partial charge in [-0.05, 0) is 49.2 Å². The second kappa shape index (κ2) is 7.95. The molecule has 0 spiro atoms. The SMILES string of the molecule is O=S(=O)(Nc1nc2ccccc2nc1N1CCC[C@H](C(F)(F)F)C1)c1ccc(F)cc1. The lowest BCUT2D eigenvalue weighted by Gasteiger charge is -2.35. The summed E-state index contributed by atoms with van der Waals surface area (Å²) in [5.74, 6) is -2.29. The van der Waals surface area contributed by atoms with Crippen LogP contribution in [0.5, 0.6) is 0 Å². The van der Waals surface area contributed by atoms with Crippen molar-refractivity contribution in [2.24, 2.45) is 5.92 Å². The normalized spacial score (nSPS) is 17.7. The highest BCUT2D eigenvalue weighted by Crippen LogP contribution is 2.36. The number of nitrogens with one attached hydrogen (secondary N) is 1. The Kier molecular flexibility index (Phi) is 5.46. The molecule has 0 bridgehead atoms. The van der Waals surface area contributed by atoms with Gasteiger partial charge in [0, 0.05) is 13.1 Å². The van der Waals surface area contributed by atoms with Crippen LogP contribution >= 0.6 is 0 Å². The predicted molar refractivity (Wildman–Crippen MR) is 108 cm³/mol. The summed E-state index contributed by atoms with van der Waals surface area (Å²) in [6, 6.07) is 10.8. The number of alkyl halides is 3. The van der Waals surface area contributed by atoms with Gasteiger partial charge >= 0.3 is 6.18 Å². The summed E-state index contributed by atoms with van der Waals surface area (Å²) >= 11 is 0. The molecule has 1 aromatic heterocycles. The zero-order valence-corrected chi connectivity index (χ0v) is 16.9. The quantitative estimate of drug-likeness (QED) is 0.594. The van der Waals surface area contributed by atoms with E-state index in [0.29, 0.717) is 11.0 Å². The summed E-state index contributed by atoms with van der Waals surface area (Å²) in [6.07, 6.45) is -4.09. The van der Waals surface area contributed by atoms with Gasteiger partial charge in [-0.15, -0.1) is 0 Å². The molecule has 2 heterocycles. The van der Waals surface area contributed by atoms with Crippen LogP contribution in [-0.4, -0.2) is 37.7 Å². The van der Waals surface area contributed by atoms with Gasteiger partial charge in [-0.3, -0.25) is 4.72 Å². The fraction of sp³-hybridized carbons (Fsp3) is 0.300. The van der Waals surface area contributed by atoms with E-state index in [-0.39, 0.29) is 42.5 Å². The standard InChI is InChI=1S/C20H18F4N4O2S/c21-14-7-9-15(10-8-14)31(29,30)27-18-19(26-17-6-2-1-5-16(17)25-18)28-11-3-4-13(12-28)20(22,23)24/h1-2,5-10,13H,3-4,11-12H2,(H,25,27)/t13-/m0/s1. The van der Waals surface area contributed by atoms with Crippen molar-refractivity contribution >= 4 is 32.7 Å². The molecule has 0 unspecified atom stereocenters. The van der Waals surface area contributed by atoms with Crippen LogP contribution in [0.1, 0.15) is 12.8 Å². The third-order valence-electron chi connectivity index (χ3n) is 5.09. The lowest BCUT2D eigenvalue weighted by atomic mass is 9.97. The fourth-order valence-electron chi connectivity index (χ4n) is 3.52. The number of sulfonamides is 1. The van der Waals surface area contributed by atoms with Crippen molar-refractivity contribution in [3.05, 3.63) is 54.3 Å². The van der Waals surface area contributed by atoms with E-state index in [1.807, 2.05) is 0 Å². The molecule has 11 heteroatoms. The molecule has 3 aromatic rings. The largest absolute Gasteiger partial charge is 0.393 e. The first-order valence-electron chi connectivity index (χ1n) is 9.50. The Bertz CT molecular complexity index is 1200. The molecule has 1 aliphatic rings. The highest BCUT2D eigenvalue weighted by Gasteiger charge is 2.42. The van der Waals surface area contributed by atoms with E-state index in [2.05, 4.69) is 14.7 Å².